The minimum Gasteiger partial charge on any atom is -0.352 e. The molecule has 0 heterocycles. The van der Waals surface area contributed by atoms with Crippen LogP contribution in [0.1, 0.15) is 38.3 Å². The lowest BCUT2D eigenvalue weighted by Gasteiger charge is -2.33. The molecule has 39 heavy (non-hydrogen) atoms. The van der Waals surface area contributed by atoms with Gasteiger partial charge in [0.05, 0.1) is 10.6 Å². The molecular weight excluding hydrogens is 585 g/mol. The molecule has 10 heteroatoms. The highest BCUT2D eigenvalue weighted by atomic mass is 79.9. The molecule has 0 unspecified atom stereocenters. The number of halogens is 2. The molecule has 0 fully saturated rings. The number of carbonyl (C=O) groups is 2. The first kappa shape index (κ1) is 30.3. The Bertz CT molecular complexity index is 1380. The Morgan fingerprint density at radius 1 is 0.949 bits per heavy atom. The van der Waals surface area contributed by atoms with Crippen LogP contribution in [0.5, 0.6) is 0 Å². The fourth-order valence-corrected chi connectivity index (χ4v) is 5.74. The molecule has 0 saturated carbocycles. The molecule has 3 aromatic rings. The van der Waals surface area contributed by atoms with Gasteiger partial charge in [0.25, 0.3) is 10.0 Å². The number of amides is 2. The number of carbonyl (C=O) groups excluding carboxylic acids is 2. The molecule has 2 amide bonds. The number of aryl methyl sites for hydroxylation is 1. The Morgan fingerprint density at radius 3 is 2.08 bits per heavy atom. The smallest absolute Gasteiger partial charge is 0.264 e. The number of rotatable bonds is 11. The van der Waals surface area contributed by atoms with Crippen molar-refractivity contribution in [3.05, 3.63) is 94.2 Å². The molecule has 0 aliphatic carbocycles. The average Bonchev–Trinajstić information content (AvgIpc) is 2.88. The van der Waals surface area contributed by atoms with Gasteiger partial charge in [-0.1, -0.05) is 52.7 Å². The SMILES string of the molecule is CC[C@H](C(=O)NC(C)C)N(Cc1ccc(F)cc1)C(=O)CN(c1ccc(Br)cc1)S(=O)(=O)c1ccc(C)cc1. The van der Waals surface area contributed by atoms with E-state index in [1.54, 1.807) is 43.3 Å². The summed E-state index contributed by atoms with van der Waals surface area (Å²) in [6.07, 6.45) is 0.300. The van der Waals surface area contributed by atoms with Gasteiger partial charge < -0.3 is 10.2 Å². The third-order valence-electron chi connectivity index (χ3n) is 6.09. The average molecular weight is 619 g/mol. The number of anilines is 1. The van der Waals surface area contributed by atoms with Gasteiger partial charge in [-0.05, 0) is 81.3 Å². The molecule has 0 saturated heterocycles. The lowest BCUT2D eigenvalue weighted by atomic mass is 10.1. The van der Waals surface area contributed by atoms with Crippen LogP contribution < -0.4 is 9.62 Å². The van der Waals surface area contributed by atoms with Crippen molar-refractivity contribution in [3.63, 3.8) is 0 Å². The number of nitrogens with one attached hydrogen (secondary N) is 1. The molecule has 3 aromatic carbocycles. The maximum atomic E-state index is 13.9. The summed E-state index contributed by atoms with van der Waals surface area (Å²) in [6, 6.07) is 17.6. The summed E-state index contributed by atoms with van der Waals surface area (Å²) in [7, 11) is -4.14. The summed E-state index contributed by atoms with van der Waals surface area (Å²) in [5.41, 5.74) is 1.80. The predicted molar refractivity (Wildman–Crippen MR) is 154 cm³/mol. The second kappa shape index (κ2) is 13.2. The van der Waals surface area contributed by atoms with E-state index in [1.807, 2.05) is 20.8 Å². The summed E-state index contributed by atoms with van der Waals surface area (Å²) >= 11 is 3.36. The van der Waals surface area contributed by atoms with E-state index in [1.165, 1.54) is 41.3 Å². The van der Waals surface area contributed by atoms with Gasteiger partial charge in [0, 0.05) is 17.1 Å². The number of hydrogen-bond donors (Lipinski definition) is 1. The molecule has 1 N–H and O–H groups in total. The van der Waals surface area contributed by atoms with Gasteiger partial charge in [0.2, 0.25) is 11.8 Å². The van der Waals surface area contributed by atoms with Gasteiger partial charge in [0.15, 0.2) is 0 Å². The zero-order chi connectivity index (χ0) is 28.7. The van der Waals surface area contributed by atoms with Crippen molar-refractivity contribution >= 4 is 43.5 Å². The Kier molecular flexibility index (Phi) is 10.3. The zero-order valence-corrected chi connectivity index (χ0v) is 24.8. The fraction of sp³-hybridized carbons (Fsp3) is 0.310. The first-order valence-electron chi connectivity index (χ1n) is 12.6. The predicted octanol–water partition coefficient (Wildman–Crippen LogP) is 5.42. The van der Waals surface area contributed by atoms with Crippen LogP contribution in [0.4, 0.5) is 10.1 Å². The molecule has 208 valence electrons. The lowest BCUT2D eigenvalue weighted by molar-refractivity contribution is -0.140. The number of benzene rings is 3. The lowest BCUT2D eigenvalue weighted by Crippen LogP contribution is -2.53. The van der Waals surface area contributed by atoms with E-state index in [-0.39, 0.29) is 23.4 Å². The molecule has 3 rings (SSSR count). The fourth-order valence-electron chi connectivity index (χ4n) is 4.06. The topological polar surface area (TPSA) is 86.8 Å². The maximum absolute atomic E-state index is 13.9. The van der Waals surface area contributed by atoms with Gasteiger partial charge in [0.1, 0.15) is 18.4 Å². The normalized spacial score (nSPS) is 12.2. The van der Waals surface area contributed by atoms with E-state index < -0.39 is 34.3 Å². The third-order valence-corrected chi connectivity index (χ3v) is 8.40. The van der Waals surface area contributed by atoms with Crippen molar-refractivity contribution in [2.24, 2.45) is 0 Å². The highest BCUT2D eigenvalue weighted by Gasteiger charge is 2.33. The first-order chi connectivity index (χ1) is 18.4. The van der Waals surface area contributed by atoms with E-state index in [4.69, 9.17) is 0 Å². The quantitative estimate of drug-likeness (QED) is 0.311. The van der Waals surface area contributed by atoms with Crippen molar-refractivity contribution < 1.29 is 22.4 Å². The minimum absolute atomic E-state index is 0.00188. The largest absolute Gasteiger partial charge is 0.352 e. The van der Waals surface area contributed by atoms with Crippen LogP contribution in [-0.2, 0) is 26.2 Å². The summed E-state index contributed by atoms with van der Waals surface area (Å²) in [5, 5.41) is 2.85. The van der Waals surface area contributed by atoms with E-state index in [0.717, 1.165) is 14.3 Å². The van der Waals surface area contributed by atoms with Crippen LogP contribution in [0.2, 0.25) is 0 Å². The molecular formula is C29H33BrFN3O4S. The highest BCUT2D eigenvalue weighted by Crippen LogP contribution is 2.26. The molecule has 0 spiro atoms. The van der Waals surface area contributed by atoms with Crippen LogP contribution in [-0.4, -0.2) is 43.8 Å². The summed E-state index contributed by atoms with van der Waals surface area (Å²) in [4.78, 5) is 28.5. The minimum atomic E-state index is -4.14. The zero-order valence-electron chi connectivity index (χ0n) is 22.4. The van der Waals surface area contributed by atoms with Crippen LogP contribution >= 0.6 is 15.9 Å². The Balaban J connectivity index is 2.05. The number of nitrogens with zero attached hydrogens (tertiary/aromatic N) is 2. The van der Waals surface area contributed by atoms with E-state index in [0.29, 0.717) is 17.7 Å². The molecule has 0 aliphatic heterocycles. The van der Waals surface area contributed by atoms with Crippen LogP contribution in [0, 0.1) is 12.7 Å². The number of sulfonamides is 1. The van der Waals surface area contributed by atoms with E-state index in [2.05, 4.69) is 21.2 Å². The van der Waals surface area contributed by atoms with Crippen LogP contribution in [0.15, 0.2) is 82.2 Å². The molecule has 0 aliphatic rings. The number of hydrogen-bond acceptors (Lipinski definition) is 4. The molecule has 0 radical (unpaired) electrons. The monoisotopic (exact) mass is 617 g/mol. The van der Waals surface area contributed by atoms with Gasteiger partial charge in [-0.15, -0.1) is 0 Å². The second-order valence-corrected chi connectivity index (χ2v) is 12.3. The Morgan fingerprint density at radius 2 is 1.54 bits per heavy atom. The van der Waals surface area contributed by atoms with Crippen LogP contribution in [0.25, 0.3) is 0 Å². The molecule has 1 atom stereocenters. The molecule has 0 aromatic heterocycles. The summed E-state index contributed by atoms with van der Waals surface area (Å²) in [5.74, 6) is -1.34. The maximum Gasteiger partial charge on any atom is 0.264 e. The van der Waals surface area contributed by atoms with Gasteiger partial charge in [-0.25, -0.2) is 12.8 Å². The second-order valence-electron chi connectivity index (χ2n) is 9.54. The summed E-state index contributed by atoms with van der Waals surface area (Å²) < 4.78 is 43.0. The van der Waals surface area contributed by atoms with Crippen molar-refractivity contribution in [3.8, 4) is 0 Å². The summed E-state index contributed by atoms with van der Waals surface area (Å²) in [6.45, 7) is 6.74. The molecule has 7 nitrogen and oxygen atoms in total. The Hall–Kier alpha value is -3.24. The van der Waals surface area contributed by atoms with E-state index in [9.17, 15) is 22.4 Å². The standard InChI is InChI=1S/C29H33BrFN3O4S/c1-5-27(29(36)32-20(2)3)33(18-22-8-12-24(31)13-9-22)28(35)19-34(25-14-10-23(30)11-15-25)39(37,38)26-16-6-21(4)7-17-26/h6-17,20,27H,5,18-19H2,1-4H3,(H,32,36)/t27-/m1/s1. The Labute approximate surface area is 238 Å². The van der Waals surface area contributed by atoms with Crippen molar-refractivity contribution in [1.82, 2.24) is 10.2 Å². The first-order valence-corrected chi connectivity index (χ1v) is 14.8. The van der Waals surface area contributed by atoms with Crippen molar-refractivity contribution in [2.75, 3.05) is 10.8 Å². The van der Waals surface area contributed by atoms with Gasteiger partial charge >= 0.3 is 0 Å². The third kappa shape index (κ3) is 7.89. The van der Waals surface area contributed by atoms with Crippen molar-refractivity contribution in [1.29, 1.82) is 0 Å². The van der Waals surface area contributed by atoms with Crippen LogP contribution in [0.3, 0.4) is 0 Å². The van der Waals surface area contributed by atoms with Gasteiger partial charge in [-0.2, -0.15) is 0 Å². The highest BCUT2D eigenvalue weighted by molar-refractivity contribution is 9.10. The van der Waals surface area contributed by atoms with Crippen molar-refractivity contribution in [2.45, 2.75) is 57.6 Å². The van der Waals surface area contributed by atoms with Gasteiger partial charge in [-0.3, -0.25) is 13.9 Å². The molecule has 0 bridgehead atoms. The van der Waals surface area contributed by atoms with E-state index >= 15 is 0 Å².